The van der Waals surface area contributed by atoms with Gasteiger partial charge in [-0.25, -0.2) is 0 Å². The number of thiophene rings is 1. The number of anilines is 2. The van der Waals surface area contributed by atoms with E-state index < -0.39 is 0 Å². The zero-order chi connectivity index (χ0) is 19.5. The molecule has 0 radical (unpaired) electrons. The first-order valence-electron chi connectivity index (χ1n) is 9.83. The molecule has 1 unspecified atom stereocenters. The highest BCUT2D eigenvalue weighted by Crippen LogP contribution is 2.36. The van der Waals surface area contributed by atoms with E-state index in [-0.39, 0.29) is 11.8 Å². The van der Waals surface area contributed by atoms with Gasteiger partial charge in [-0.2, -0.15) is 0 Å². The third-order valence-electron chi connectivity index (χ3n) is 5.31. The minimum atomic E-state index is -0.102. The van der Waals surface area contributed by atoms with Crippen molar-refractivity contribution >= 4 is 46.2 Å². The summed E-state index contributed by atoms with van der Waals surface area (Å²) in [5, 5.41) is 9.28. The van der Waals surface area contributed by atoms with E-state index in [1.54, 1.807) is 11.3 Å². The van der Waals surface area contributed by atoms with Crippen molar-refractivity contribution in [3.63, 3.8) is 0 Å². The van der Waals surface area contributed by atoms with E-state index in [9.17, 15) is 9.59 Å². The van der Waals surface area contributed by atoms with E-state index in [0.717, 1.165) is 41.3 Å². The Morgan fingerprint density at radius 1 is 1.32 bits per heavy atom. The molecule has 0 spiro atoms. The van der Waals surface area contributed by atoms with Crippen molar-refractivity contribution in [1.29, 1.82) is 0 Å². The quantitative estimate of drug-likeness (QED) is 0.662. The molecular formula is C22H25N3O2S. The highest BCUT2D eigenvalue weighted by molar-refractivity contribution is 7.12. The number of rotatable bonds is 5. The third kappa shape index (κ3) is 4.34. The zero-order valence-corrected chi connectivity index (χ0v) is 16.8. The number of carbonyl (C=O) groups is 2. The minimum absolute atomic E-state index is 0.0298. The first-order chi connectivity index (χ1) is 13.6. The Morgan fingerprint density at radius 3 is 2.96 bits per heavy atom. The molecule has 3 heterocycles. The van der Waals surface area contributed by atoms with Crippen LogP contribution in [0.15, 0.2) is 30.3 Å². The maximum absolute atomic E-state index is 12.4. The first-order valence-corrected chi connectivity index (χ1v) is 10.6. The highest BCUT2D eigenvalue weighted by Gasteiger charge is 2.25. The van der Waals surface area contributed by atoms with Crippen molar-refractivity contribution in [1.82, 2.24) is 5.32 Å². The topological polar surface area (TPSA) is 70.2 Å². The number of carbonyl (C=O) groups excluding carboxylic acids is 2. The molecule has 2 aliphatic rings. The Hall–Kier alpha value is -2.44. The fourth-order valence-corrected chi connectivity index (χ4v) is 4.63. The van der Waals surface area contributed by atoms with Crippen LogP contribution in [0.25, 0.3) is 11.6 Å². The Morgan fingerprint density at radius 2 is 2.21 bits per heavy atom. The molecule has 6 heteroatoms. The summed E-state index contributed by atoms with van der Waals surface area (Å²) in [4.78, 5) is 27.0. The van der Waals surface area contributed by atoms with E-state index >= 15 is 0 Å². The minimum Gasteiger partial charge on any atom is -0.326 e. The van der Waals surface area contributed by atoms with Crippen molar-refractivity contribution in [2.24, 2.45) is 5.92 Å². The van der Waals surface area contributed by atoms with Gasteiger partial charge in [-0.05, 0) is 81.6 Å². The number of hydrogen-bond donors (Lipinski definition) is 3. The van der Waals surface area contributed by atoms with E-state index in [2.05, 4.69) is 16.0 Å². The van der Waals surface area contributed by atoms with E-state index in [4.69, 9.17) is 0 Å². The van der Waals surface area contributed by atoms with Crippen molar-refractivity contribution < 1.29 is 9.59 Å². The normalized spacial score (nSPS) is 20.1. The fraction of sp³-hybridized carbons (Fsp3) is 0.364. The number of aryl methyl sites for hydroxylation is 1. The molecule has 2 aliphatic heterocycles. The summed E-state index contributed by atoms with van der Waals surface area (Å²) in [6.45, 7) is 4.15. The molecule has 2 aromatic rings. The molecule has 1 fully saturated rings. The van der Waals surface area contributed by atoms with Gasteiger partial charge in [-0.15, -0.1) is 11.3 Å². The molecule has 4 rings (SSSR count). The van der Waals surface area contributed by atoms with Gasteiger partial charge in [0, 0.05) is 33.1 Å². The van der Waals surface area contributed by atoms with Crippen LogP contribution >= 0.6 is 11.3 Å². The second-order valence-electron chi connectivity index (χ2n) is 7.52. The first kappa shape index (κ1) is 18.9. The third-order valence-corrected chi connectivity index (χ3v) is 6.26. The largest absolute Gasteiger partial charge is 0.326 e. The van der Waals surface area contributed by atoms with Gasteiger partial charge >= 0.3 is 0 Å². The van der Waals surface area contributed by atoms with E-state index in [0.29, 0.717) is 17.9 Å². The molecule has 1 saturated heterocycles. The summed E-state index contributed by atoms with van der Waals surface area (Å²) < 4.78 is 0. The highest BCUT2D eigenvalue weighted by atomic mass is 32.1. The van der Waals surface area contributed by atoms with Crippen molar-refractivity contribution in [3.05, 3.63) is 45.6 Å². The average molecular weight is 396 g/mol. The van der Waals surface area contributed by atoms with E-state index in [1.807, 2.05) is 43.3 Å². The Kier molecular flexibility index (Phi) is 5.59. The lowest BCUT2D eigenvalue weighted by atomic mass is 9.94. The van der Waals surface area contributed by atoms with Crippen LogP contribution in [0.2, 0.25) is 0 Å². The average Bonchev–Trinajstić information content (AvgIpc) is 3.24. The SMILES string of the molecule is Cc1ccc(C=C2C(=O)Nc3ccc(NC(=O)CCC4CCCNC4)cc32)s1. The Balaban J connectivity index is 1.45. The maximum atomic E-state index is 12.4. The second kappa shape index (κ2) is 8.29. The monoisotopic (exact) mass is 395 g/mol. The summed E-state index contributed by atoms with van der Waals surface area (Å²) in [5.74, 6) is 0.515. The summed E-state index contributed by atoms with van der Waals surface area (Å²) in [5.41, 5.74) is 3.00. The zero-order valence-electron chi connectivity index (χ0n) is 16.0. The van der Waals surface area contributed by atoms with Crippen molar-refractivity contribution in [2.75, 3.05) is 23.7 Å². The van der Waals surface area contributed by atoms with Crippen LogP contribution in [0.1, 0.15) is 41.0 Å². The van der Waals surface area contributed by atoms with Crippen LogP contribution in [-0.4, -0.2) is 24.9 Å². The van der Waals surface area contributed by atoms with Crippen LogP contribution in [0, 0.1) is 12.8 Å². The number of benzene rings is 1. The molecule has 1 aromatic heterocycles. The molecule has 2 amide bonds. The van der Waals surface area contributed by atoms with Crippen LogP contribution in [0.5, 0.6) is 0 Å². The number of fused-ring (bicyclic) bond motifs is 1. The Bertz CT molecular complexity index is 926. The lowest BCUT2D eigenvalue weighted by Crippen LogP contribution is -2.30. The van der Waals surface area contributed by atoms with Gasteiger partial charge in [0.1, 0.15) is 0 Å². The molecule has 28 heavy (non-hydrogen) atoms. The van der Waals surface area contributed by atoms with Crippen molar-refractivity contribution in [2.45, 2.75) is 32.6 Å². The molecule has 1 aromatic carbocycles. The predicted molar refractivity (Wildman–Crippen MR) is 115 cm³/mol. The molecule has 3 N–H and O–H groups in total. The number of amides is 2. The van der Waals surface area contributed by atoms with Crippen LogP contribution in [0.3, 0.4) is 0 Å². The number of nitrogens with one attached hydrogen (secondary N) is 3. The van der Waals surface area contributed by atoms with Gasteiger partial charge in [-0.3, -0.25) is 9.59 Å². The molecule has 0 aliphatic carbocycles. The molecule has 146 valence electrons. The molecule has 0 bridgehead atoms. The fourth-order valence-electron chi connectivity index (χ4n) is 3.81. The van der Waals surface area contributed by atoms with E-state index in [1.165, 1.54) is 17.7 Å². The standard InChI is InChI=1S/C22H25N3O2S/c1-14-4-7-17(28-14)12-19-18-11-16(6-8-20(18)25-22(19)27)24-21(26)9-5-15-3-2-10-23-13-15/h4,6-8,11-12,15,23H,2-3,5,9-10,13H2,1H3,(H,24,26)(H,25,27). The molecule has 1 atom stereocenters. The van der Waals surface area contributed by atoms with Crippen LogP contribution in [-0.2, 0) is 9.59 Å². The summed E-state index contributed by atoms with van der Waals surface area (Å²) in [6, 6.07) is 9.65. The summed E-state index contributed by atoms with van der Waals surface area (Å²) in [6.07, 6.45) is 5.74. The van der Waals surface area contributed by atoms with Gasteiger partial charge in [0.2, 0.25) is 5.91 Å². The van der Waals surface area contributed by atoms with Gasteiger partial charge in [-0.1, -0.05) is 0 Å². The van der Waals surface area contributed by atoms with Gasteiger partial charge in [0.15, 0.2) is 0 Å². The smallest absolute Gasteiger partial charge is 0.256 e. The van der Waals surface area contributed by atoms with Crippen LogP contribution < -0.4 is 16.0 Å². The second-order valence-corrected chi connectivity index (χ2v) is 8.84. The number of piperidine rings is 1. The van der Waals surface area contributed by atoms with Crippen LogP contribution in [0.4, 0.5) is 11.4 Å². The lowest BCUT2D eigenvalue weighted by molar-refractivity contribution is -0.116. The summed E-state index contributed by atoms with van der Waals surface area (Å²) in [7, 11) is 0. The lowest BCUT2D eigenvalue weighted by Gasteiger charge is -2.22. The van der Waals surface area contributed by atoms with Gasteiger partial charge in [0.25, 0.3) is 5.91 Å². The number of hydrogen-bond acceptors (Lipinski definition) is 4. The molecular weight excluding hydrogens is 370 g/mol. The van der Waals surface area contributed by atoms with Gasteiger partial charge < -0.3 is 16.0 Å². The maximum Gasteiger partial charge on any atom is 0.256 e. The van der Waals surface area contributed by atoms with Gasteiger partial charge in [0.05, 0.1) is 5.57 Å². The predicted octanol–water partition coefficient (Wildman–Crippen LogP) is 4.27. The molecule has 0 saturated carbocycles. The Labute approximate surface area is 169 Å². The summed E-state index contributed by atoms with van der Waals surface area (Å²) >= 11 is 1.65. The van der Waals surface area contributed by atoms with Crippen molar-refractivity contribution in [3.8, 4) is 0 Å². The molecule has 5 nitrogen and oxygen atoms in total.